The van der Waals surface area contributed by atoms with Crippen LogP contribution in [-0.2, 0) is 4.74 Å². The van der Waals surface area contributed by atoms with Gasteiger partial charge in [-0.2, -0.15) is 0 Å². The Bertz CT molecular complexity index is 741. The molecule has 1 amide bonds. The number of carbonyl (C=O) groups excluding carboxylic acids is 2. The van der Waals surface area contributed by atoms with Gasteiger partial charge in [-0.15, -0.1) is 0 Å². The number of methoxy groups -OCH3 is 1. The Morgan fingerprint density at radius 3 is 2.68 bits per heavy atom. The van der Waals surface area contributed by atoms with Crippen molar-refractivity contribution in [1.82, 2.24) is 0 Å². The summed E-state index contributed by atoms with van der Waals surface area (Å²) in [5, 5.41) is 2.73. The number of hydrogen-bond acceptors (Lipinski definition) is 5. The minimum absolute atomic E-state index is 0.154. The minimum Gasteiger partial charge on any atom is -0.465 e. The molecule has 0 saturated carbocycles. The van der Waals surface area contributed by atoms with Crippen molar-refractivity contribution in [3.05, 3.63) is 53.6 Å². The molecule has 0 unspecified atom stereocenters. The van der Waals surface area contributed by atoms with E-state index in [2.05, 4.69) is 10.1 Å². The summed E-state index contributed by atoms with van der Waals surface area (Å²) < 4.78 is 15.1. The van der Waals surface area contributed by atoms with Crippen LogP contribution in [0.15, 0.2) is 42.5 Å². The minimum atomic E-state index is -0.459. The maximum Gasteiger partial charge on any atom is 0.337 e. The first-order valence-electron chi connectivity index (χ1n) is 6.57. The highest BCUT2D eigenvalue weighted by Gasteiger charge is 2.16. The van der Waals surface area contributed by atoms with E-state index in [1.807, 2.05) is 0 Å². The second-order valence-corrected chi connectivity index (χ2v) is 4.59. The van der Waals surface area contributed by atoms with Crippen molar-refractivity contribution in [3.63, 3.8) is 0 Å². The van der Waals surface area contributed by atoms with Crippen LogP contribution in [0.25, 0.3) is 0 Å². The third kappa shape index (κ3) is 2.71. The van der Waals surface area contributed by atoms with Gasteiger partial charge >= 0.3 is 5.97 Å². The van der Waals surface area contributed by atoms with Crippen molar-refractivity contribution in [2.45, 2.75) is 0 Å². The second-order valence-electron chi connectivity index (χ2n) is 4.59. The lowest BCUT2D eigenvalue weighted by Crippen LogP contribution is -2.12. The number of nitrogens with one attached hydrogen (secondary N) is 1. The molecule has 1 aliphatic rings. The zero-order valence-corrected chi connectivity index (χ0v) is 11.8. The van der Waals surface area contributed by atoms with Gasteiger partial charge in [-0.1, -0.05) is 6.07 Å². The summed E-state index contributed by atoms with van der Waals surface area (Å²) in [6.45, 7) is 0.154. The zero-order valence-electron chi connectivity index (χ0n) is 11.8. The number of rotatable bonds is 3. The van der Waals surface area contributed by atoms with Crippen molar-refractivity contribution in [2.75, 3.05) is 19.2 Å². The van der Waals surface area contributed by atoms with E-state index in [1.54, 1.807) is 42.5 Å². The molecule has 6 nitrogen and oxygen atoms in total. The van der Waals surface area contributed by atoms with Gasteiger partial charge in [0.1, 0.15) is 0 Å². The van der Waals surface area contributed by atoms with Gasteiger partial charge < -0.3 is 19.5 Å². The molecule has 0 saturated heterocycles. The molecule has 112 valence electrons. The maximum atomic E-state index is 12.2. The van der Waals surface area contributed by atoms with Gasteiger partial charge in [0.05, 0.1) is 12.7 Å². The van der Waals surface area contributed by atoms with E-state index in [-0.39, 0.29) is 12.7 Å². The van der Waals surface area contributed by atoms with E-state index < -0.39 is 5.97 Å². The summed E-state index contributed by atoms with van der Waals surface area (Å²) in [5.41, 5.74) is 1.31. The molecule has 1 aliphatic heterocycles. The fourth-order valence-electron chi connectivity index (χ4n) is 2.08. The number of amides is 1. The van der Waals surface area contributed by atoms with Crippen molar-refractivity contribution in [3.8, 4) is 11.5 Å². The average Bonchev–Trinajstić information content (AvgIpc) is 3.01. The maximum absolute atomic E-state index is 12.2. The predicted molar refractivity (Wildman–Crippen MR) is 78.3 cm³/mol. The van der Waals surface area contributed by atoms with Crippen LogP contribution in [0.1, 0.15) is 20.7 Å². The molecule has 0 fully saturated rings. The molecule has 6 heteroatoms. The predicted octanol–water partition coefficient (Wildman–Crippen LogP) is 2.45. The lowest BCUT2D eigenvalue weighted by atomic mass is 10.1. The molecule has 22 heavy (non-hydrogen) atoms. The van der Waals surface area contributed by atoms with Crippen LogP contribution in [0.3, 0.4) is 0 Å². The van der Waals surface area contributed by atoms with E-state index in [1.165, 1.54) is 7.11 Å². The molecule has 0 bridgehead atoms. The van der Waals surface area contributed by atoms with Crippen LogP contribution in [-0.4, -0.2) is 25.8 Å². The lowest BCUT2D eigenvalue weighted by Gasteiger charge is -2.07. The SMILES string of the molecule is COC(=O)c1cccc(NC(=O)c2ccc3c(c2)OCO3)c1. The molecule has 0 aromatic heterocycles. The van der Waals surface area contributed by atoms with Crippen LogP contribution < -0.4 is 14.8 Å². The summed E-state index contributed by atoms with van der Waals surface area (Å²) in [5.74, 6) is 0.389. The van der Waals surface area contributed by atoms with Crippen LogP contribution >= 0.6 is 0 Å². The second kappa shape index (κ2) is 5.77. The highest BCUT2D eigenvalue weighted by atomic mass is 16.7. The number of carbonyl (C=O) groups is 2. The first kappa shape index (κ1) is 13.9. The smallest absolute Gasteiger partial charge is 0.337 e. The van der Waals surface area contributed by atoms with Crippen LogP contribution in [0.4, 0.5) is 5.69 Å². The number of esters is 1. The van der Waals surface area contributed by atoms with Crippen LogP contribution in [0, 0.1) is 0 Å². The summed E-state index contributed by atoms with van der Waals surface area (Å²) in [6, 6.07) is 11.5. The van der Waals surface area contributed by atoms with Crippen molar-refractivity contribution < 1.29 is 23.8 Å². The topological polar surface area (TPSA) is 73.9 Å². The molecule has 0 aliphatic carbocycles. The summed E-state index contributed by atoms with van der Waals surface area (Å²) >= 11 is 0. The lowest BCUT2D eigenvalue weighted by molar-refractivity contribution is 0.0600. The quantitative estimate of drug-likeness (QED) is 0.881. The molecular weight excluding hydrogens is 286 g/mol. The average molecular weight is 299 g/mol. The van der Waals surface area contributed by atoms with Gasteiger partial charge in [0.2, 0.25) is 6.79 Å². The first-order valence-corrected chi connectivity index (χ1v) is 6.57. The van der Waals surface area contributed by atoms with Crippen molar-refractivity contribution in [1.29, 1.82) is 0 Å². The monoisotopic (exact) mass is 299 g/mol. The Kier molecular flexibility index (Phi) is 3.65. The normalized spacial score (nSPS) is 11.9. The third-order valence-electron chi connectivity index (χ3n) is 3.18. The molecule has 2 aromatic rings. The van der Waals surface area contributed by atoms with Crippen molar-refractivity contribution >= 4 is 17.6 Å². The van der Waals surface area contributed by atoms with Gasteiger partial charge in [0, 0.05) is 11.3 Å². The van der Waals surface area contributed by atoms with Crippen LogP contribution in [0.2, 0.25) is 0 Å². The van der Waals surface area contributed by atoms with E-state index in [0.29, 0.717) is 28.3 Å². The van der Waals surface area contributed by atoms with Crippen molar-refractivity contribution in [2.24, 2.45) is 0 Å². The third-order valence-corrected chi connectivity index (χ3v) is 3.18. The van der Waals surface area contributed by atoms with Gasteiger partial charge in [0.15, 0.2) is 11.5 Å². The number of anilines is 1. The molecule has 2 aromatic carbocycles. The van der Waals surface area contributed by atoms with Gasteiger partial charge in [-0.25, -0.2) is 4.79 Å². The number of ether oxygens (including phenoxy) is 3. The largest absolute Gasteiger partial charge is 0.465 e. The highest BCUT2D eigenvalue weighted by molar-refractivity contribution is 6.05. The van der Waals surface area contributed by atoms with Gasteiger partial charge in [-0.05, 0) is 36.4 Å². The number of hydrogen-bond donors (Lipinski definition) is 1. The highest BCUT2D eigenvalue weighted by Crippen LogP contribution is 2.32. The van der Waals surface area contributed by atoms with Gasteiger partial charge in [0.25, 0.3) is 5.91 Å². The molecule has 0 spiro atoms. The number of benzene rings is 2. The fourth-order valence-corrected chi connectivity index (χ4v) is 2.08. The Hall–Kier alpha value is -3.02. The fraction of sp³-hybridized carbons (Fsp3) is 0.125. The Labute approximate surface area is 126 Å². The summed E-state index contributed by atoms with van der Waals surface area (Å²) in [7, 11) is 1.31. The molecular formula is C16H13NO5. The first-order chi connectivity index (χ1) is 10.7. The van der Waals surface area contributed by atoms with Gasteiger partial charge in [-0.3, -0.25) is 4.79 Å². The standard InChI is InChI=1S/C16H13NO5/c1-20-16(19)11-3-2-4-12(7-11)17-15(18)10-5-6-13-14(8-10)22-9-21-13/h2-8H,9H2,1H3,(H,17,18). The Balaban J connectivity index is 1.78. The molecule has 0 atom stereocenters. The summed E-state index contributed by atoms with van der Waals surface area (Å²) in [6.07, 6.45) is 0. The zero-order chi connectivity index (χ0) is 15.5. The van der Waals surface area contributed by atoms with E-state index in [0.717, 1.165) is 0 Å². The van der Waals surface area contributed by atoms with E-state index in [9.17, 15) is 9.59 Å². The van der Waals surface area contributed by atoms with E-state index >= 15 is 0 Å². The Morgan fingerprint density at radius 1 is 1.05 bits per heavy atom. The molecule has 1 N–H and O–H groups in total. The molecule has 1 heterocycles. The van der Waals surface area contributed by atoms with E-state index in [4.69, 9.17) is 9.47 Å². The Morgan fingerprint density at radius 2 is 1.86 bits per heavy atom. The van der Waals surface area contributed by atoms with Crippen LogP contribution in [0.5, 0.6) is 11.5 Å². The molecule has 3 rings (SSSR count). The number of fused-ring (bicyclic) bond motifs is 1. The molecule has 0 radical (unpaired) electrons. The summed E-state index contributed by atoms with van der Waals surface area (Å²) in [4.78, 5) is 23.7.